The number of hydrogen-bond acceptors (Lipinski definition) is 5. The minimum atomic E-state index is -3.47. The van der Waals surface area contributed by atoms with Gasteiger partial charge in [-0.15, -0.1) is 0 Å². The highest BCUT2D eigenvalue weighted by Crippen LogP contribution is 2.18. The first-order valence-electron chi connectivity index (χ1n) is 8.92. The molecule has 1 aromatic rings. The van der Waals surface area contributed by atoms with E-state index >= 15 is 0 Å². The summed E-state index contributed by atoms with van der Waals surface area (Å²) in [5.74, 6) is 0.592. The number of rotatable bonds is 8. The van der Waals surface area contributed by atoms with Crippen molar-refractivity contribution in [3.05, 3.63) is 29.8 Å². The molecule has 26 heavy (non-hydrogen) atoms. The molecular formula is C18H29N3O4S. The summed E-state index contributed by atoms with van der Waals surface area (Å²) in [5, 5.41) is 0. The molecule has 0 spiro atoms. The van der Waals surface area contributed by atoms with Crippen LogP contribution in [0, 0.1) is 0 Å². The Morgan fingerprint density at radius 3 is 2.42 bits per heavy atom. The van der Waals surface area contributed by atoms with Crippen LogP contribution in [-0.4, -0.2) is 87.6 Å². The summed E-state index contributed by atoms with van der Waals surface area (Å²) in [6, 6.07) is 7.51. The number of amides is 1. The van der Waals surface area contributed by atoms with Crippen molar-refractivity contribution in [2.45, 2.75) is 13.3 Å². The van der Waals surface area contributed by atoms with Crippen LogP contribution in [0.15, 0.2) is 24.3 Å². The number of hydrogen-bond donors (Lipinski definition) is 0. The van der Waals surface area contributed by atoms with Gasteiger partial charge in [0.25, 0.3) is 0 Å². The topological polar surface area (TPSA) is 70.2 Å². The Balaban J connectivity index is 1.98. The van der Waals surface area contributed by atoms with Crippen molar-refractivity contribution >= 4 is 15.9 Å². The van der Waals surface area contributed by atoms with Crippen LogP contribution in [0.5, 0.6) is 5.75 Å². The zero-order valence-electron chi connectivity index (χ0n) is 15.8. The molecule has 1 saturated heterocycles. The highest BCUT2D eigenvalue weighted by atomic mass is 32.2. The van der Waals surface area contributed by atoms with E-state index in [0.29, 0.717) is 19.5 Å². The highest BCUT2D eigenvalue weighted by Gasteiger charge is 2.25. The number of carbonyl (C=O) groups excluding carboxylic acids is 1. The average Bonchev–Trinajstić information content (AvgIpc) is 2.64. The van der Waals surface area contributed by atoms with E-state index in [9.17, 15) is 13.2 Å². The molecule has 1 aromatic carbocycles. The second-order valence-electron chi connectivity index (χ2n) is 6.47. The van der Waals surface area contributed by atoms with E-state index in [1.165, 1.54) is 4.31 Å². The predicted octanol–water partition coefficient (Wildman–Crippen LogP) is 0.663. The first-order chi connectivity index (χ1) is 12.3. The van der Waals surface area contributed by atoms with Gasteiger partial charge in [0.1, 0.15) is 5.75 Å². The molecule has 0 unspecified atom stereocenters. The lowest BCUT2D eigenvalue weighted by molar-refractivity contribution is -0.133. The molecule has 2 rings (SSSR count). The van der Waals surface area contributed by atoms with Crippen LogP contribution in [0.3, 0.4) is 0 Å². The van der Waals surface area contributed by atoms with E-state index in [-0.39, 0.29) is 19.0 Å². The van der Waals surface area contributed by atoms with Crippen LogP contribution in [0.4, 0.5) is 0 Å². The fourth-order valence-corrected chi connectivity index (χ4v) is 3.85. The molecule has 0 atom stereocenters. The minimum Gasteiger partial charge on any atom is -0.496 e. The van der Waals surface area contributed by atoms with Gasteiger partial charge < -0.3 is 14.5 Å². The molecule has 146 valence electrons. The van der Waals surface area contributed by atoms with Gasteiger partial charge in [0, 0.05) is 32.7 Å². The zero-order valence-corrected chi connectivity index (χ0v) is 16.7. The summed E-state index contributed by atoms with van der Waals surface area (Å²) < 4.78 is 30.8. The van der Waals surface area contributed by atoms with Crippen LogP contribution >= 0.6 is 0 Å². The Morgan fingerprint density at radius 2 is 1.85 bits per heavy atom. The normalized spacial score (nSPS) is 16.1. The summed E-state index contributed by atoms with van der Waals surface area (Å²) >= 11 is 0. The van der Waals surface area contributed by atoms with E-state index in [1.807, 2.05) is 24.3 Å². The molecule has 0 N–H and O–H groups in total. The third-order valence-corrected chi connectivity index (χ3v) is 6.03. The summed E-state index contributed by atoms with van der Waals surface area (Å²) in [6.07, 6.45) is 1.64. The lowest BCUT2D eigenvalue weighted by Crippen LogP contribution is -2.51. The Bertz CT molecular complexity index is 700. The molecule has 1 heterocycles. The van der Waals surface area contributed by atoms with Crippen LogP contribution in [0.1, 0.15) is 12.5 Å². The molecule has 1 amide bonds. The summed E-state index contributed by atoms with van der Waals surface area (Å²) in [5.41, 5.74) is 0.924. The predicted molar refractivity (Wildman–Crippen MR) is 102 cm³/mol. The van der Waals surface area contributed by atoms with Gasteiger partial charge in [-0.3, -0.25) is 4.79 Å². The third-order valence-electron chi connectivity index (χ3n) is 4.78. The monoisotopic (exact) mass is 383 g/mol. The number of para-hydroxylation sites is 1. The van der Waals surface area contributed by atoms with Crippen molar-refractivity contribution in [1.29, 1.82) is 0 Å². The first kappa shape index (κ1) is 20.7. The number of piperazine rings is 1. The van der Waals surface area contributed by atoms with E-state index < -0.39 is 10.0 Å². The lowest BCUT2D eigenvalue weighted by Gasteiger charge is -2.35. The Labute approximate surface area is 156 Å². The quantitative estimate of drug-likeness (QED) is 0.660. The maximum Gasteiger partial charge on any atom is 0.237 e. The average molecular weight is 384 g/mol. The van der Waals surface area contributed by atoms with E-state index in [2.05, 4.69) is 11.8 Å². The van der Waals surface area contributed by atoms with Crippen LogP contribution in [0.25, 0.3) is 0 Å². The van der Waals surface area contributed by atoms with Crippen LogP contribution in [0.2, 0.25) is 0 Å². The molecule has 1 fully saturated rings. The van der Waals surface area contributed by atoms with Crippen molar-refractivity contribution < 1.29 is 17.9 Å². The number of ether oxygens (including phenoxy) is 1. The number of sulfonamides is 1. The van der Waals surface area contributed by atoms with Gasteiger partial charge in [0.15, 0.2) is 0 Å². The van der Waals surface area contributed by atoms with Gasteiger partial charge in [-0.05, 0) is 24.6 Å². The molecule has 0 bridgehead atoms. The smallest absolute Gasteiger partial charge is 0.237 e. The van der Waals surface area contributed by atoms with Crippen LogP contribution < -0.4 is 4.74 Å². The van der Waals surface area contributed by atoms with Crippen molar-refractivity contribution in [1.82, 2.24) is 14.1 Å². The van der Waals surface area contributed by atoms with E-state index in [4.69, 9.17) is 4.74 Å². The Kier molecular flexibility index (Phi) is 7.43. The summed E-state index contributed by atoms with van der Waals surface area (Å²) in [4.78, 5) is 16.6. The molecule has 1 aliphatic rings. The first-order valence-corrected chi connectivity index (χ1v) is 10.8. The molecule has 7 nitrogen and oxygen atoms in total. The number of benzene rings is 1. The van der Waals surface area contributed by atoms with Gasteiger partial charge in [0.05, 0.1) is 19.9 Å². The fraction of sp³-hybridized carbons (Fsp3) is 0.611. The van der Waals surface area contributed by atoms with Crippen molar-refractivity contribution in [3.8, 4) is 5.75 Å². The Hall–Kier alpha value is -1.64. The summed E-state index contributed by atoms with van der Waals surface area (Å²) in [7, 11) is -1.88. The molecular weight excluding hydrogens is 354 g/mol. The number of likely N-dealkylation sites (N-methyl/N-ethyl adjacent to an activating group) is 1. The number of methoxy groups -OCH3 is 1. The Morgan fingerprint density at radius 1 is 1.19 bits per heavy atom. The molecule has 1 aliphatic heterocycles. The zero-order chi connectivity index (χ0) is 19.2. The molecule has 0 aromatic heterocycles. The number of carbonyl (C=O) groups is 1. The molecule has 0 aliphatic carbocycles. The highest BCUT2D eigenvalue weighted by molar-refractivity contribution is 7.88. The van der Waals surface area contributed by atoms with Crippen molar-refractivity contribution in [2.24, 2.45) is 0 Å². The minimum absolute atomic E-state index is 0.111. The van der Waals surface area contributed by atoms with Gasteiger partial charge in [-0.2, -0.15) is 4.31 Å². The van der Waals surface area contributed by atoms with Gasteiger partial charge in [-0.1, -0.05) is 25.1 Å². The van der Waals surface area contributed by atoms with Crippen LogP contribution in [-0.2, 0) is 21.2 Å². The van der Waals surface area contributed by atoms with Gasteiger partial charge in [0.2, 0.25) is 15.9 Å². The number of nitrogens with zero attached hydrogens (tertiary/aromatic N) is 3. The van der Waals surface area contributed by atoms with Gasteiger partial charge in [-0.25, -0.2) is 8.42 Å². The molecule has 8 heteroatoms. The van der Waals surface area contributed by atoms with Gasteiger partial charge >= 0.3 is 0 Å². The van der Waals surface area contributed by atoms with Crippen molar-refractivity contribution in [3.63, 3.8) is 0 Å². The molecule has 0 radical (unpaired) electrons. The SMILES string of the molecule is CCN1CCN(C(=O)CN(CCc2ccccc2OC)S(C)(=O)=O)CC1. The third kappa shape index (κ3) is 5.69. The second-order valence-corrected chi connectivity index (χ2v) is 8.46. The largest absolute Gasteiger partial charge is 0.496 e. The van der Waals surface area contributed by atoms with Crippen molar-refractivity contribution in [2.75, 3.05) is 59.2 Å². The van der Waals surface area contributed by atoms with E-state index in [0.717, 1.165) is 37.2 Å². The van der Waals surface area contributed by atoms with E-state index in [1.54, 1.807) is 12.0 Å². The maximum atomic E-state index is 12.6. The maximum absolute atomic E-state index is 12.6. The summed E-state index contributed by atoms with van der Waals surface area (Å²) in [6.45, 7) is 6.18. The standard InChI is InChI=1S/C18H29N3O4S/c1-4-19-11-13-20(14-12-19)18(22)15-21(26(3,23)24)10-9-16-7-5-6-8-17(16)25-2/h5-8H,4,9-15H2,1-3H3. The fourth-order valence-electron chi connectivity index (χ4n) is 3.08. The lowest BCUT2D eigenvalue weighted by atomic mass is 10.1. The molecule has 0 saturated carbocycles. The second kappa shape index (κ2) is 9.34.